The monoisotopic (exact) mass is 193 g/mol. The van der Waals surface area contributed by atoms with Gasteiger partial charge in [0.15, 0.2) is 0 Å². The first kappa shape index (κ1) is 10.7. The largest absolute Gasteiger partial charge is 0.346 e. The average molecular weight is 193 g/mol. The van der Waals surface area contributed by atoms with Crippen molar-refractivity contribution in [2.24, 2.45) is 5.73 Å². The minimum absolute atomic E-state index is 0.122. The lowest BCUT2D eigenvalue weighted by atomic mass is 10.1. The first-order chi connectivity index (χ1) is 6.55. The van der Waals surface area contributed by atoms with Crippen molar-refractivity contribution < 1.29 is 4.79 Å². The van der Waals surface area contributed by atoms with Crippen LogP contribution < -0.4 is 11.1 Å². The fraction of sp³-hybridized carbons (Fsp3) is 0.400. The van der Waals surface area contributed by atoms with E-state index in [-0.39, 0.29) is 11.4 Å². The van der Waals surface area contributed by atoms with Crippen molar-refractivity contribution in [1.29, 1.82) is 0 Å². The third-order valence-corrected chi connectivity index (χ3v) is 1.90. The van der Waals surface area contributed by atoms with Gasteiger partial charge in [-0.25, -0.2) is 0 Å². The minimum Gasteiger partial charge on any atom is -0.346 e. The van der Waals surface area contributed by atoms with Gasteiger partial charge in [-0.3, -0.25) is 9.78 Å². The van der Waals surface area contributed by atoms with Crippen LogP contribution in [0, 0.1) is 0 Å². The number of carbonyl (C=O) groups excluding carboxylic acids is 1. The molecule has 0 aliphatic rings. The predicted octanol–water partition coefficient (Wildman–Crippen LogP) is 0.549. The molecule has 0 fully saturated rings. The Morgan fingerprint density at radius 2 is 2.07 bits per heavy atom. The second-order valence-electron chi connectivity index (χ2n) is 3.78. The topological polar surface area (TPSA) is 68.0 Å². The molecule has 0 saturated carbocycles. The summed E-state index contributed by atoms with van der Waals surface area (Å²) < 4.78 is 0. The van der Waals surface area contributed by atoms with Gasteiger partial charge >= 0.3 is 0 Å². The number of aromatic nitrogens is 1. The van der Waals surface area contributed by atoms with Crippen molar-refractivity contribution in [2.75, 3.05) is 6.54 Å². The van der Waals surface area contributed by atoms with Gasteiger partial charge in [0.2, 0.25) is 0 Å². The lowest BCUT2D eigenvalue weighted by molar-refractivity contribution is 0.0915. The van der Waals surface area contributed by atoms with E-state index in [0.29, 0.717) is 12.1 Å². The molecule has 0 saturated heterocycles. The van der Waals surface area contributed by atoms with Crippen molar-refractivity contribution in [3.63, 3.8) is 0 Å². The normalized spacial score (nSPS) is 11.1. The SMILES string of the molecule is CC(C)(CN)NC(=O)c1ccncc1. The molecule has 1 amide bonds. The smallest absolute Gasteiger partial charge is 0.251 e. The Balaban J connectivity index is 2.69. The number of hydrogen-bond donors (Lipinski definition) is 2. The molecule has 0 unspecified atom stereocenters. The molecule has 0 aliphatic carbocycles. The van der Waals surface area contributed by atoms with Crippen molar-refractivity contribution in [2.45, 2.75) is 19.4 Å². The molecule has 0 bridgehead atoms. The lowest BCUT2D eigenvalue weighted by Gasteiger charge is -2.24. The van der Waals surface area contributed by atoms with Gasteiger partial charge < -0.3 is 11.1 Å². The molecule has 4 nitrogen and oxygen atoms in total. The van der Waals surface area contributed by atoms with Gasteiger partial charge in [0, 0.05) is 30.0 Å². The highest BCUT2D eigenvalue weighted by Crippen LogP contribution is 2.02. The Hall–Kier alpha value is -1.42. The molecule has 0 aliphatic heterocycles. The quantitative estimate of drug-likeness (QED) is 0.736. The van der Waals surface area contributed by atoms with Gasteiger partial charge in [0.1, 0.15) is 0 Å². The molecule has 76 valence electrons. The first-order valence-corrected chi connectivity index (χ1v) is 4.48. The maximum atomic E-state index is 11.6. The van der Waals surface area contributed by atoms with E-state index < -0.39 is 0 Å². The van der Waals surface area contributed by atoms with Crippen LogP contribution in [0.25, 0.3) is 0 Å². The number of nitrogens with one attached hydrogen (secondary N) is 1. The zero-order valence-electron chi connectivity index (χ0n) is 8.45. The molecule has 1 heterocycles. The zero-order valence-corrected chi connectivity index (χ0v) is 8.45. The lowest BCUT2D eigenvalue weighted by Crippen LogP contribution is -2.48. The number of nitrogens with zero attached hydrogens (tertiary/aromatic N) is 1. The summed E-state index contributed by atoms with van der Waals surface area (Å²) in [6.07, 6.45) is 3.18. The molecular formula is C10H15N3O. The summed E-state index contributed by atoms with van der Waals surface area (Å²) in [6.45, 7) is 4.17. The fourth-order valence-corrected chi connectivity index (χ4v) is 0.934. The van der Waals surface area contributed by atoms with Crippen LogP contribution in [0.3, 0.4) is 0 Å². The Morgan fingerprint density at radius 3 is 2.57 bits per heavy atom. The van der Waals surface area contributed by atoms with E-state index in [0.717, 1.165) is 0 Å². The number of rotatable bonds is 3. The Morgan fingerprint density at radius 1 is 1.50 bits per heavy atom. The maximum Gasteiger partial charge on any atom is 0.251 e. The van der Waals surface area contributed by atoms with Crippen molar-refractivity contribution in [3.05, 3.63) is 30.1 Å². The van der Waals surface area contributed by atoms with Gasteiger partial charge in [0.25, 0.3) is 5.91 Å². The highest BCUT2D eigenvalue weighted by molar-refractivity contribution is 5.94. The minimum atomic E-state index is -0.375. The molecule has 0 spiro atoms. The van der Waals surface area contributed by atoms with Crippen LogP contribution in [0.2, 0.25) is 0 Å². The van der Waals surface area contributed by atoms with E-state index in [2.05, 4.69) is 10.3 Å². The van der Waals surface area contributed by atoms with Crippen molar-refractivity contribution >= 4 is 5.91 Å². The maximum absolute atomic E-state index is 11.6. The molecule has 1 aromatic heterocycles. The number of amides is 1. The Labute approximate surface area is 83.5 Å². The molecular weight excluding hydrogens is 178 g/mol. The number of carbonyl (C=O) groups is 1. The summed E-state index contributed by atoms with van der Waals surface area (Å²) in [5, 5.41) is 2.83. The Bertz CT molecular complexity index is 308. The number of hydrogen-bond acceptors (Lipinski definition) is 3. The van der Waals surface area contributed by atoms with Gasteiger partial charge in [0.05, 0.1) is 0 Å². The van der Waals surface area contributed by atoms with Crippen LogP contribution in [0.15, 0.2) is 24.5 Å². The molecule has 0 radical (unpaired) electrons. The van der Waals surface area contributed by atoms with E-state index in [1.807, 2.05) is 13.8 Å². The van der Waals surface area contributed by atoms with Crippen LogP contribution in [0.5, 0.6) is 0 Å². The van der Waals surface area contributed by atoms with Crippen molar-refractivity contribution in [3.8, 4) is 0 Å². The van der Waals surface area contributed by atoms with E-state index >= 15 is 0 Å². The summed E-state index contributed by atoms with van der Waals surface area (Å²) in [5.41, 5.74) is 5.73. The molecule has 0 atom stereocenters. The van der Waals surface area contributed by atoms with Crippen LogP contribution in [0.1, 0.15) is 24.2 Å². The fourth-order valence-electron chi connectivity index (χ4n) is 0.934. The van der Waals surface area contributed by atoms with E-state index in [4.69, 9.17) is 5.73 Å². The highest BCUT2D eigenvalue weighted by Gasteiger charge is 2.18. The first-order valence-electron chi connectivity index (χ1n) is 4.48. The van der Waals surface area contributed by atoms with Crippen LogP contribution in [-0.2, 0) is 0 Å². The van der Waals surface area contributed by atoms with Crippen LogP contribution in [0.4, 0.5) is 0 Å². The third-order valence-electron chi connectivity index (χ3n) is 1.90. The zero-order chi connectivity index (χ0) is 10.6. The highest BCUT2D eigenvalue weighted by atomic mass is 16.1. The van der Waals surface area contributed by atoms with Crippen LogP contribution >= 0.6 is 0 Å². The van der Waals surface area contributed by atoms with Crippen LogP contribution in [-0.4, -0.2) is 23.0 Å². The molecule has 14 heavy (non-hydrogen) atoms. The molecule has 1 aromatic rings. The Kier molecular flexibility index (Phi) is 3.19. The standard InChI is InChI=1S/C10H15N3O/c1-10(2,7-11)13-9(14)8-3-5-12-6-4-8/h3-6H,7,11H2,1-2H3,(H,13,14). The number of nitrogens with two attached hydrogens (primary N) is 1. The average Bonchev–Trinajstić information content (AvgIpc) is 2.19. The summed E-state index contributed by atoms with van der Waals surface area (Å²) in [4.78, 5) is 15.5. The molecule has 4 heteroatoms. The summed E-state index contributed by atoms with van der Waals surface area (Å²) >= 11 is 0. The molecule has 0 aromatic carbocycles. The van der Waals surface area contributed by atoms with E-state index in [1.165, 1.54) is 0 Å². The molecule has 1 rings (SSSR count). The summed E-state index contributed by atoms with van der Waals surface area (Å²) in [7, 11) is 0. The summed E-state index contributed by atoms with van der Waals surface area (Å²) in [6, 6.07) is 3.34. The van der Waals surface area contributed by atoms with E-state index in [1.54, 1.807) is 24.5 Å². The van der Waals surface area contributed by atoms with E-state index in [9.17, 15) is 4.79 Å². The van der Waals surface area contributed by atoms with Gasteiger partial charge in [-0.05, 0) is 26.0 Å². The second kappa shape index (κ2) is 4.19. The van der Waals surface area contributed by atoms with Gasteiger partial charge in [-0.15, -0.1) is 0 Å². The van der Waals surface area contributed by atoms with Crippen molar-refractivity contribution in [1.82, 2.24) is 10.3 Å². The number of pyridine rings is 1. The third kappa shape index (κ3) is 2.81. The van der Waals surface area contributed by atoms with Gasteiger partial charge in [-0.2, -0.15) is 0 Å². The predicted molar refractivity (Wildman–Crippen MR) is 54.8 cm³/mol. The van der Waals surface area contributed by atoms with Gasteiger partial charge in [-0.1, -0.05) is 0 Å². The summed E-state index contributed by atoms with van der Waals surface area (Å²) in [5.74, 6) is -0.122. The molecule has 3 N–H and O–H groups in total. The second-order valence-corrected chi connectivity index (χ2v) is 3.78.